The lowest BCUT2D eigenvalue weighted by atomic mass is 10.1. The van der Waals surface area contributed by atoms with E-state index in [1.165, 1.54) is 0 Å². The molecule has 114 valence electrons. The van der Waals surface area contributed by atoms with Gasteiger partial charge in [-0.1, -0.05) is 19.1 Å². The van der Waals surface area contributed by atoms with E-state index in [0.29, 0.717) is 5.69 Å². The van der Waals surface area contributed by atoms with Crippen LogP contribution in [0.5, 0.6) is 0 Å². The van der Waals surface area contributed by atoms with Gasteiger partial charge in [0, 0.05) is 18.3 Å². The van der Waals surface area contributed by atoms with Crippen molar-refractivity contribution in [2.45, 2.75) is 26.1 Å². The normalized spacial score (nSPS) is 13.3. The number of anilines is 1. The van der Waals surface area contributed by atoms with Crippen LogP contribution in [0.25, 0.3) is 0 Å². The van der Waals surface area contributed by atoms with Crippen LogP contribution < -0.4 is 10.2 Å². The van der Waals surface area contributed by atoms with Crippen LogP contribution in [-0.2, 0) is 0 Å². The molecule has 20 heavy (non-hydrogen) atoms. The van der Waals surface area contributed by atoms with E-state index in [4.69, 9.17) is 5.11 Å². The molecule has 0 amide bonds. The molecule has 0 saturated carbocycles. The fraction of sp³-hybridized carbons (Fsp3) is 0.571. The molecule has 0 heterocycles. The molecule has 0 aliphatic heterocycles. The quantitative estimate of drug-likeness (QED) is 0.810. The highest BCUT2D eigenvalue weighted by Gasteiger charge is 2.30. The summed E-state index contributed by atoms with van der Waals surface area (Å²) in [4.78, 5) is 1.13. The van der Waals surface area contributed by atoms with Gasteiger partial charge < -0.3 is 15.3 Å². The molecule has 0 saturated heterocycles. The molecule has 1 aromatic carbocycles. The zero-order valence-corrected chi connectivity index (χ0v) is 11.7. The summed E-state index contributed by atoms with van der Waals surface area (Å²) in [5.41, 5.74) is 1.48. The highest BCUT2D eigenvalue weighted by molar-refractivity contribution is 5.48. The first kappa shape index (κ1) is 16.8. The standard InChI is InChI=1S/C14H21F3N2O/c1-3-18-11(2)12-4-6-13(7-5-12)19(8-9-20)10-14(15,16)17/h4-7,11,18,20H,3,8-10H2,1-2H3. The molecular formula is C14H21F3N2O. The van der Waals surface area contributed by atoms with Crippen molar-refractivity contribution in [3.05, 3.63) is 29.8 Å². The van der Waals surface area contributed by atoms with Crippen molar-refractivity contribution in [3.63, 3.8) is 0 Å². The molecule has 1 rings (SSSR count). The van der Waals surface area contributed by atoms with Gasteiger partial charge in [0.25, 0.3) is 0 Å². The fourth-order valence-corrected chi connectivity index (χ4v) is 2.03. The highest BCUT2D eigenvalue weighted by Crippen LogP contribution is 2.23. The van der Waals surface area contributed by atoms with Crippen LogP contribution in [0.2, 0.25) is 0 Å². The van der Waals surface area contributed by atoms with E-state index in [0.717, 1.165) is 17.0 Å². The molecule has 0 radical (unpaired) electrons. The van der Waals surface area contributed by atoms with Crippen molar-refractivity contribution in [1.29, 1.82) is 0 Å². The average molecular weight is 290 g/mol. The zero-order chi connectivity index (χ0) is 15.2. The summed E-state index contributed by atoms with van der Waals surface area (Å²) in [7, 11) is 0. The van der Waals surface area contributed by atoms with E-state index in [1.807, 2.05) is 26.0 Å². The lowest BCUT2D eigenvalue weighted by Crippen LogP contribution is -2.36. The number of aliphatic hydroxyl groups is 1. The summed E-state index contributed by atoms with van der Waals surface area (Å²) in [6, 6.07) is 7.09. The van der Waals surface area contributed by atoms with E-state index < -0.39 is 12.7 Å². The van der Waals surface area contributed by atoms with Gasteiger partial charge in [-0.2, -0.15) is 13.2 Å². The van der Waals surface area contributed by atoms with Crippen LogP contribution >= 0.6 is 0 Å². The third-order valence-electron chi connectivity index (χ3n) is 3.01. The van der Waals surface area contributed by atoms with Crippen molar-refractivity contribution >= 4 is 5.69 Å². The SMILES string of the molecule is CCNC(C)c1ccc(N(CCO)CC(F)(F)F)cc1. The Morgan fingerprint density at radius 1 is 1.25 bits per heavy atom. The Morgan fingerprint density at radius 3 is 2.30 bits per heavy atom. The number of nitrogens with one attached hydrogen (secondary N) is 1. The van der Waals surface area contributed by atoms with Gasteiger partial charge in [-0.15, -0.1) is 0 Å². The Balaban J connectivity index is 2.82. The van der Waals surface area contributed by atoms with Crippen molar-refractivity contribution in [2.75, 3.05) is 31.1 Å². The second kappa shape index (κ2) is 7.50. The van der Waals surface area contributed by atoms with Gasteiger partial charge in [0.2, 0.25) is 0 Å². The van der Waals surface area contributed by atoms with E-state index >= 15 is 0 Å². The Kier molecular flexibility index (Phi) is 6.29. The van der Waals surface area contributed by atoms with Crippen LogP contribution in [0.3, 0.4) is 0 Å². The fourth-order valence-electron chi connectivity index (χ4n) is 2.03. The lowest BCUT2D eigenvalue weighted by Gasteiger charge is -2.25. The number of hydrogen-bond donors (Lipinski definition) is 2. The number of alkyl halides is 3. The third kappa shape index (κ3) is 5.38. The van der Waals surface area contributed by atoms with Gasteiger partial charge in [0.05, 0.1) is 6.61 Å². The predicted octanol–water partition coefficient (Wildman–Crippen LogP) is 2.72. The summed E-state index contributed by atoms with van der Waals surface area (Å²) < 4.78 is 37.5. The molecule has 1 atom stereocenters. The van der Waals surface area contributed by atoms with E-state index in [-0.39, 0.29) is 19.2 Å². The molecule has 0 aromatic heterocycles. The topological polar surface area (TPSA) is 35.5 Å². The van der Waals surface area contributed by atoms with Crippen molar-refractivity contribution in [3.8, 4) is 0 Å². The first-order valence-electron chi connectivity index (χ1n) is 6.63. The maximum Gasteiger partial charge on any atom is 0.405 e. The summed E-state index contributed by atoms with van der Waals surface area (Å²) in [5, 5.41) is 12.1. The second-order valence-electron chi connectivity index (χ2n) is 4.63. The molecule has 2 N–H and O–H groups in total. The second-order valence-corrected chi connectivity index (χ2v) is 4.63. The minimum absolute atomic E-state index is 0.0401. The Hall–Kier alpha value is -1.27. The highest BCUT2D eigenvalue weighted by atomic mass is 19.4. The number of nitrogens with zero attached hydrogens (tertiary/aromatic N) is 1. The molecule has 0 spiro atoms. The Labute approximate surface area is 117 Å². The molecule has 0 aliphatic rings. The lowest BCUT2D eigenvalue weighted by molar-refractivity contribution is -0.119. The van der Waals surface area contributed by atoms with Gasteiger partial charge in [-0.3, -0.25) is 0 Å². The molecular weight excluding hydrogens is 269 g/mol. The van der Waals surface area contributed by atoms with Crippen molar-refractivity contribution in [2.24, 2.45) is 0 Å². The van der Waals surface area contributed by atoms with Crippen LogP contribution in [0.4, 0.5) is 18.9 Å². The summed E-state index contributed by atoms with van der Waals surface area (Å²) in [5.74, 6) is 0. The number of benzene rings is 1. The molecule has 0 bridgehead atoms. The number of aliphatic hydroxyl groups excluding tert-OH is 1. The maximum absolute atomic E-state index is 12.5. The van der Waals surface area contributed by atoms with Crippen LogP contribution in [0, 0.1) is 0 Å². The van der Waals surface area contributed by atoms with Gasteiger partial charge in [0.1, 0.15) is 6.54 Å². The average Bonchev–Trinajstić information content (AvgIpc) is 2.37. The van der Waals surface area contributed by atoms with Crippen LogP contribution in [-0.4, -0.2) is 37.5 Å². The first-order valence-corrected chi connectivity index (χ1v) is 6.63. The van der Waals surface area contributed by atoms with Crippen molar-refractivity contribution < 1.29 is 18.3 Å². The van der Waals surface area contributed by atoms with Crippen molar-refractivity contribution in [1.82, 2.24) is 5.32 Å². The number of rotatable bonds is 7. The molecule has 1 aromatic rings. The molecule has 1 unspecified atom stereocenters. The van der Waals surface area contributed by atoms with E-state index in [9.17, 15) is 13.2 Å². The van der Waals surface area contributed by atoms with Crippen LogP contribution in [0.1, 0.15) is 25.5 Å². The van der Waals surface area contributed by atoms with Gasteiger partial charge in [0.15, 0.2) is 0 Å². The molecule has 0 aliphatic carbocycles. The summed E-state index contributed by atoms with van der Waals surface area (Å²) >= 11 is 0. The maximum atomic E-state index is 12.5. The van der Waals surface area contributed by atoms with E-state index in [1.54, 1.807) is 12.1 Å². The monoisotopic (exact) mass is 290 g/mol. The van der Waals surface area contributed by atoms with Gasteiger partial charge >= 0.3 is 6.18 Å². The predicted molar refractivity (Wildman–Crippen MR) is 73.9 cm³/mol. The third-order valence-corrected chi connectivity index (χ3v) is 3.01. The number of hydrogen-bond acceptors (Lipinski definition) is 3. The Morgan fingerprint density at radius 2 is 1.85 bits per heavy atom. The number of halogens is 3. The van der Waals surface area contributed by atoms with Gasteiger partial charge in [-0.05, 0) is 31.2 Å². The minimum atomic E-state index is -4.29. The zero-order valence-electron chi connectivity index (χ0n) is 11.7. The minimum Gasteiger partial charge on any atom is -0.395 e. The smallest absolute Gasteiger partial charge is 0.395 e. The van der Waals surface area contributed by atoms with E-state index in [2.05, 4.69) is 5.32 Å². The molecule has 3 nitrogen and oxygen atoms in total. The Bertz CT molecular complexity index is 392. The summed E-state index contributed by atoms with van der Waals surface area (Å²) in [6.07, 6.45) is -4.29. The first-order chi connectivity index (χ1) is 9.37. The molecule has 6 heteroatoms. The molecule has 0 fully saturated rings. The van der Waals surface area contributed by atoms with Gasteiger partial charge in [-0.25, -0.2) is 0 Å². The summed E-state index contributed by atoms with van der Waals surface area (Å²) in [6.45, 7) is 3.41. The van der Waals surface area contributed by atoms with Crippen LogP contribution in [0.15, 0.2) is 24.3 Å². The largest absolute Gasteiger partial charge is 0.405 e.